The van der Waals surface area contributed by atoms with Crippen LogP contribution in [0.5, 0.6) is 0 Å². The van der Waals surface area contributed by atoms with Crippen LogP contribution in [-0.4, -0.2) is 13.0 Å². The summed E-state index contributed by atoms with van der Waals surface area (Å²) >= 11 is 0. The Labute approximate surface area is 64.7 Å². The Morgan fingerprint density at radius 2 is 2.18 bits per heavy atom. The molecule has 3 heteroatoms. The zero-order valence-electron chi connectivity index (χ0n) is 5.95. The van der Waals surface area contributed by atoms with E-state index in [0.717, 1.165) is 6.29 Å². The number of hydrazone groups is 1. The maximum atomic E-state index is 10.4. The number of anilines is 1. The molecule has 11 heavy (non-hydrogen) atoms. The fourth-order valence-electron chi connectivity index (χ4n) is 0.787. The van der Waals surface area contributed by atoms with Gasteiger partial charge in [-0.25, -0.2) is 0 Å². The first kappa shape index (κ1) is 7.47. The molecule has 0 aliphatic carbocycles. The van der Waals surface area contributed by atoms with E-state index < -0.39 is 0 Å². The van der Waals surface area contributed by atoms with Crippen molar-refractivity contribution in [3.63, 3.8) is 0 Å². The van der Waals surface area contributed by atoms with Crippen molar-refractivity contribution in [1.82, 2.24) is 0 Å². The van der Waals surface area contributed by atoms with E-state index in [-0.39, 0.29) is 0 Å². The molecule has 0 spiro atoms. The van der Waals surface area contributed by atoms with Crippen LogP contribution >= 0.6 is 0 Å². The lowest BCUT2D eigenvalue weighted by atomic mass is 10.2. The topological polar surface area (TPSA) is 41.5 Å². The molecular formula is C8H8N2O. The molecule has 0 amide bonds. The van der Waals surface area contributed by atoms with Gasteiger partial charge in [-0.2, -0.15) is 5.10 Å². The van der Waals surface area contributed by atoms with E-state index in [2.05, 4.69) is 17.2 Å². The lowest BCUT2D eigenvalue weighted by molar-refractivity contribution is 0.112. The number of hydrogen-bond acceptors (Lipinski definition) is 3. The van der Waals surface area contributed by atoms with Gasteiger partial charge in [-0.05, 0) is 12.1 Å². The van der Waals surface area contributed by atoms with Crippen LogP contribution in [0, 0.1) is 0 Å². The summed E-state index contributed by atoms with van der Waals surface area (Å²) in [7, 11) is 0. The van der Waals surface area contributed by atoms with E-state index in [1.165, 1.54) is 0 Å². The predicted molar refractivity (Wildman–Crippen MR) is 45.0 cm³/mol. The van der Waals surface area contributed by atoms with E-state index in [9.17, 15) is 4.79 Å². The van der Waals surface area contributed by atoms with E-state index in [4.69, 9.17) is 0 Å². The summed E-state index contributed by atoms with van der Waals surface area (Å²) < 4.78 is 0. The highest BCUT2D eigenvalue weighted by atomic mass is 16.1. The molecule has 0 saturated heterocycles. The Kier molecular flexibility index (Phi) is 2.38. The number of carbonyl (C=O) groups is 1. The molecule has 0 radical (unpaired) electrons. The zero-order chi connectivity index (χ0) is 8.10. The maximum absolute atomic E-state index is 10.4. The highest BCUT2D eigenvalue weighted by Crippen LogP contribution is 2.11. The molecule has 0 unspecified atom stereocenters. The lowest BCUT2D eigenvalue weighted by Gasteiger charge is -2.00. The molecule has 3 nitrogen and oxygen atoms in total. The molecule has 1 aromatic rings. The summed E-state index contributed by atoms with van der Waals surface area (Å²) in [5.41, 5.74) is 3.87. The smallest absolute Gasteiger partial charge is 0.152 e. The molecule has 0 fully saturated rings. The second kappa shape index (κ2) is 3.51. The van der Waals surface area contributed by atoms with Gasteiger partial charge in [0.2, 0.25) is 0 Å². The van der Waals surface area contributed by atoms with E-state index in [0.29, 0.717) is 11.3 Å². The Bertz CT molecular complexity index is 271. The van der Waals surface area contributed by atoms with Gasteiger partial charge in [0.15, 0.2) is 6.29 Å². The summed E-state index contributed by atoms with van der Waals surface area (Å²) in [5.74, 6) is 0. The van der Waals surface area contributed by atoms with Crippen molar-refractivity contribution in [1.29, 1.82) is 0 Å². The number of hydrogen-bond donors (Lipinski definition) is 1. The molecule has 0 heterocycles. The third-order valence-electron chi connectivity index (χ3n) is 1.29. The van der Waals surface area contributed by atoms with Gasteiger partial charge >= 0.3 is 0 Å². The Morgan fingerprint density at radius 3 is 2.82 bits per heavy atom. The van der Waals surface area contributed by atoms with Crippen molar-refractivity contribution in [3.8, 4) is 0 Å². The molecule has 1 N–H and O–H groups in total. The van der Waals surface area contributed by atoms with Crippen LogP contribution in [0.2, 0.25) is 0 Å². The van der Waals surface area contributed by atoms with E-state index in [1.807, 2.05) is 6.07 Å². The van der Waals surface area contributed by atoms with Gasteiger partial charge in [0.05, 0.1) is 5.69 Å². The minimum absolute atomic E-state index is 0.583. The lowest BCUT2D eigenvalue weighted by Crippen LogP contribution is -1.91. The average molecular weight is 148 g/mol. The minimum Gasteiger partial charge on any atom is -0.298 e. The fourth-order valence-corrected chi connectivity index (χ4v) is 0.787. The Hall–Kier alpha value is -1.64. The summed E-state index contributed by atoms with van der Waals surface area (Å²) in [4.78, 5) is 10.4. The third kappa shape index (κ3) is 1.64. The number of benzene rings is 1. The summed E-state index contributed by atoms with van der Waals surface area (Å²) in [6.07, 6.45) is 0.771. The van der Waals surface area contributed by atoms with E-state index in [1.54, 1.807) is 18.2 Å². The highest BCUT2D eigenvalue weighted by molar-refractivity contribution is 5.83. The standard InChI is InChI=1S/C8H8N2O/c1-9-10-8-5-3-2-4-7(8)6-11/h2-6,10H,1H2. The van der Waals surface area contributed by atoms with Crippen molar-refractivity contribution in [2.24, 2.45) is 5.10 Å². The van der Waals surface area contributed by atoms with Crippen molar-refractivity contribution < 1.29 is 4.79 Å². The molecule has 0 aliphatic heterocycles. The monoisotopic (exact) mass is 148 g/mol. The fraction of sp³-hybridized carbons (Fsp3) is 0. The summed E-state index contributed by atoms with van der Waals surface area (Å²) in [6, 6.07) is 7.08. The summed E-state index contributed by atoms with van der Waals surface area (Å²) in [5, 5.41) is 3.46. The number of para-hydroxylation sites is 1. The first-order valence-electron chi connectivity index (χ1n) is 3.14. The molecule has 0 saturated carbocycles. The van der Waals surface area contributed by atoms with Crippen molar-refractivity contribution in [2.75, 3.05) is 5.43 Å². The third-order valence-corrected chi connectivity index (χ3v) is 1.29. The highest BCUT2D eigenvalue weighted by Gasteiger charge is 1.95. The van der Waals surface area contributed by atoms with Gasteiger partial charge in [0.25, 0.3) is 0 Å². The molecule has 0 aromatic heterocycles. The second-order valence-corrected chi connectivity index (χ2v) is 1.98. The first-order chi connectivity index (χ1) is 5.38. The van der Waals surface area contributed by atoms with Crippen LogP contribution in [-0.2, 0) is 0 Å². The molecule has 1 aromatic carbocycles. The average Bonchev–Trinajstić information content (AvgIpc) is 2.06. The molecule has 56 valence electrons. The van der Waals surface area contributed by atoms with Crippen LogP contribution in [0.1, 0.15) is 10.4 Å². The van der Waals surface area contributed by atoms with Crippen molar-refractivity contribution in [2.45, 2.75) is 0 Å². The Morgan fingerprint density at radius 1 is 1.45 bits per heavy atom. The number of nitrogens with one attached hydrogen (secondary N) is 1. The number of nitrogens with zero attached hydrogens (tertiary/aromatic N) is 1. The second-order valence-electron chi connectivity index (χ2n) is 1.98. The van der Waals surface area contributed by atoms with Gasteiger partial charge in [0, 0.05) is 12.3 Å². The van der Waals surface area contributed by atoms with Crippen LogP contribution < -0.4 is 5.43 Å². The Balaban J connectivity index is 3.01. The summed E-state index contributed by atoms with van der Waals surface area (Å²) in [6.45, 7) is 3.25. The normalized spacial score (nSPS) is 8.73. The van der Waals surface area contributed by atoms with Crippen LogP contribution in [0.3, 0.4) is 0 Å². The predicted octanol–water partition coefficient (Wildman–Crippen LogP) is 1.53. The van der Waals surface area contributed by atoms with Gasteiger partial charge in [-0.1, -0.05) is 12.1 Å². The minimum atomic E-state index is 0.583. The van der Waals surface area contributed by atoms with Crippen LogP contribution in [0.4, 0.5) is 5.69 Å². The zero-order valence-corrected chi connectivity index (χ0v) is 5.95. The molecular weight excluding hydrogens is 140 g/mol. The first-order valence-corrected chi connectivity index (χ1v) is 3.14. The van der Waals surface area contributed by atoms with Crippen LogP contribution in [0.25, 0.3) is 0 Å². The van der Waals surface area contributed by atoms with Crippen molar-refractivity contribution >= 4 is 18.7 Å². The van der Waals surface area contributed by atoms with Gasteiger partial charge in [-0.15, -0.1) is 0 Å². The largest absolute Gasteiger partial charge is 0.298 e. The van der Waals surface area contributed by atoms with Gasteiger partial charge in [-0.3, -0.25) is 10.2 Å². The SMILES string of the molecule is C=NNc1ccccc1C=O. The van der Waals surface area contributed by atoms with Gasteiger partial charge < -0.3 is 0 Å². The van der Waals surface area contributed by atoms with E-state index >= 15 is 0 Å². The van der Waals surface area contributed by atoms with Crippen molar-refractivity contribution in [3.05, 3.63) is 29.8 Å². The number of aldehydes is 1. The van der Waals surface area contributed by atoms with Gasteiger partial charge in [0.1, 0.15) is 0 Å². The number of carbonyl (C=O) groups excluding carboxylic acids is 1. The molecule has 0 atom stereocenters. The quantitative estimate of drug-likeness (QED) is 0.401. The maximum Gasteiger partial charge on any atom is 0.152 e. The number of rotatable bonds is 3. The molecule has 0 bridgehead atoms. The molecule has 0 aliphatic rings. The molecule has 1 rings (SSSR count). The van der Waals surface area contributed by atoms with Crippen LogP contribution in [0.15, 0.2) is 29.4 Å².